The number of rotatable bonds is 2. The van der Waals surface area contributed by atoms with Crippen LogP contribution in [0.25, 0.3) is 5.69 Å². The van der Waals surface area contributed by atoms with Crippen LogP contribution >= 0.6 is 0 Å². The monoisotopic (exact) mass is 340 g/mol. The first-order valence-electron chi connectivity index (χ1n) is 6.17. The molecule has 0 unspecified atom stereocenters. The summed E-state index contributed by atoms with van der Waals surface area (Å²) in [6.45, 7) is 0. The Balaban J connectivity index is 2.81. The highest BCUT2D eigenvalue weighted by Gasteiger charge is 2.35. The number of nitriles is 1. The third kappa shape index (κ3) is 2.76. The minimum absolute atomic E-state index is 0.214. The van der Waals surface area contributed by atoms with Crippen LogP contribution < -0.4 is 11.2 Å². The fourth-order valence-corrected chi connectivity index (χ4v) is 2.04. The SMILES string of the molecule is Cn1c(C(F)(F)F)cc(=O)n(-c2ccc(C#N)c([N+](=O)[O-])c2)c1=O. The van der Waals surface area contributed by atoms with Crippen LogP contribution in [0.15, 0.2) is 33.9 Å². The highest BCUT2D eigenvalue weighted by Crippen LogP contribution is 2.27. The van der Waals surface area contributed by atoms with Gasteiger partial charge in [0.2, 0.25) is 0 Å². The van der Waals surface area contributed by atoms with Crippen LogP contribution in [0.1, 0.15) is 11.3 Å². The number of nitro benzene ring substituents is 1. The molecule has 0 aliphatic carbocycles. The van der Waals surface area contributed by atoms with Gasteiger partial charge in [-0.05, 0) is 12.1 Å². The van der Waals surface area contributed by atoms with Crippen molar-refractivity contribution in [2.24, 2.45) is 7.05 Å². The van der Waals surface area contributed by atoms with Crippen molar-refractivity contribution in [2.75, 3.05) is 0 Å². The molecule has 24 heavy (non-hydrogen) atoms. The van der Waals surface area contributed by atoms with E-state index >= 15 is 0 Å². The quantitative estimate of drug-likeness (QED) is 0.605. The lowest BCUT2D eigenvalue weighted by molar-refractivity contribution is -0.385. The molecule has 1 aromatic heterocycles. The average molecular weight is 340 g/mol. The maximum absolute atomic E-state index is 12.8. The Morgan fingerprint density at radius 1 is 1.25 bits per heavy atom. The van der Waals surface area contributed by atoms with Crippen LogP contribution in [0.2, 0.25) is 0 Å². The molecule has 0 N–H and O–H groups in total. The number of benzene rings is 1. The van der Waals surface area contributed by atoms with E-state index in [1.807, 2.05) is 0 Å². The van der Waals surface area contributed by atoms with E-state index in [0.717, 1.165) is 25.2 Å². The summed E-state index contributed by atoms with van der Waals surface area (Å²) in [6, 6.07) is 4.60. The van der Waals surface area contributed by atoms with Gasteiger partial charge in [-0.15, -0.1) is 0 Å². The summed E-state index contributed by atoms with van der Waals surface area (Å²) in [5.41, 5.74) is -5.39. The molecule has 0 atom stereocenters. The van der Waals surface area contributed by atoms with Crippen molar-refractivity contribution in [1.82, 2.24) is 9.13 Å². The lowest BCUT2D eigenvalue weighted by atomic mass is 10.1. The number of halogens is 3. The molecule has 0 saturated carbocycles. The smallest absolute Gasteiger partial charge is 0.292 e. The summed E-state index contributed by atoms with van der Waals surface area (Å²) < 4.78 is 38.9. The largest absolute Gasteiger partial charge is 0.431 e. The third-order valence-electron chi connectivity index (χ3n) is 3.17. The zero-order valence-corrected chi connectivity index (χ0v) is 11.9. The number of nitro groups is 1. The number of alkyl halides is 3. The molecule has 1 aromatic carbocycles. The molecule has 1 heterocycles. The van der Waals surface area contributed by atoms with E-state index in [4.69, 9.17) is 5.26 Å². The molecule has 0 aliphatic rings. The lowest BCUT2D eigenvalue weighted by Crippen LogP contribution is -2.40. The Kier molecular flexibility index (Phi) is 3.99. The maximum Gasteiger partial charge on any atom is 0.431 e. The number of aromatic nitrogens is 2. The van der Waals surface area contributed by atoms with Gasteiger partial charge < -0.3 is 0 Å². The first-order chi connectivity index (χ1) is 11.1. The van der Waals surface area contributed by atoms with Crippen molar-refractivity contribution >= 4 is 5.69 Å². The standard InChI is InChI=1S/C13H7F3N4O4/c1-18-10(13(14,15)16)5-11(21)19(12(18)22)8-3-2-7(6-17)9(4-8)20(23)24/h2-5H,1H3. The van der Waals surface area contributed by atoms with Gasteiger partial charge in [-0.2, -0.15) is 18.4 Å². The van der Waals surface area contributed by atoms with E-state index in [2.05, 4.69) is 0 Å². The van der Waals surface area contributed by atoms with Gasteiger partial charge in [0, 0.05) is 19.2 Å². The normalized spacial score (nSPS) is 11.1. The van der Waals surface area contributed by atoms with Gasteiger partial charge in [0.15, 0.2) is 0 Å². The molecule has 0 bridgehead atoms. The predicted molar refractivity (Wildman–Crippen MR) is 73.7 cm³/mol. The summed E-state index contributed by atoms with van der Waals surface area (Å²) in [5, 5.41) is 19.7. The molecular weight excluding hydrogens is 333 g/mol. The van der Waals surface area contributed by atoms with Crippen molar-refractivity contribution in [1.29, 1.82) is 5.26 Å². The number of nitrogens with zero attached hydrogens (tertiary/aromatic N) is 4. The van der Waals surface area contributed by atoms with Crippen LogP contribution in [0.4, 0.5) is 18.9 Å². The van der Waals surface area contributed by atoms with Gasteiger partial charge in [0.1, 0.15) is 17.3 Å². The summed E-state index contributed by atoms with van der Waals surface area (Å²) in [6.07, 6.45) is -4.91. The Labute approximate surface area is 130 Å². The van der Waals surface area contributed by atoms with Gasteiger partial charge in [-0.1, -0.05) is 0 Å². The van der Waals surface area contributed by atoms with Crippen molar-refractivity contribution in [2.45, 2.75) is 6.18 Å². The van der Waals surface area contributed by atoms with Crippen LogP contribution in [-0.4, -0.2) is 14.1 Å². The predicted octanol–water partition coefficient (Wildman–Crippen LogP) is 1.33. The zero-order valence-electron chi connectivity index (χ0n) is 11.9. The molecule has 8 nitrogen and oxygen atoms in total. The molecule has 11 heteroatoms. The molecule has 0 aliphatic heterocycles. The van der Waals surface area contributed by atoms with Crippen molar-refractivity contribution < 1.29 is 18.1 Å². The first-order valence-corrected chi connectivity index (χ1v) is 6.17. The van der Waals surface area contributed by atoms with E-state index in [9.17, 15) is 32.9 Å². The van der Waals surface area contributed by atoms with Crippen LogP contribution in [0.3, 0.4) is 0 Å². The summed E-state index contributed by atoms with van der Waals surface area (Å²) in [4.78, 5) is 34.0. The highest BCUT2D eigenvalue weighted by molar-refractivity contribution is 5.54. The lowest BCUT2D eigenvalue weighted by Gasteiger charge is -2.13. The molecule has 2 rings (SSSR count). The molecular formula is C13H7F3N4O4. The summed E-state index contributed by atoms with van der Waals surface area (Å²) in [7, 11) is 0.819. The Bertz CT molecular complexity index is 998. The van der Waals surface area contributed by atoms with Crippen LogP contribution in [-0.2, 0) is 13.2 Å². The van der Waals surface area contributed by atoms with E-state index < -0.39 is 33.7 Å². The van der Waals surface area contributed by atoms with Crippen LogP contribution in [0.5, 0.6) is 0 Å². The molecule has 0 amide bonds. The number of hydrogen-bond acceptors (Lipinski definition) is 5. The highest BCUT2D eigenvalue weighted by atomic mass is 19.4. The van der Waals surface area contributed by atoms with Gasteiger partial charge in [-0.25, -0.2) is 9.36 Å². The molecule has 0 saturated heterocycles. The molecule has 0 spiro atoms. The van der Waals surface area contributed by atoms with Crippen molar-refractivity contribution in [3.05, 3.63) is 66.5 Å². The van der Waals surface area contributed by atoms with Gasteiger partial charge >= 0.3 is 11.9 Å². The van der Waals surface area contributed by atoms with E-state index in [-0.39, 0.29) is 21.9 Å². The maximum atomic E-state index is 12.8. The Morgan fingerprint density at radius 3 is 2.38 bits per heavy atom. The Morgan fingerprint density at radius 2 is 1.88 bits per heavy atom. The van der Waals surface area contributed by atoms with Gasteiger partial charge in [-0.3, -0.25) is 19.5 Å². The van der Waals surface area contributed by atoms with Gasteiger partial charge in [0.25, 0.3) is 11.2 Å². The summed E-state index contributed by atoms with van der Waals surface area (Å²) >= 11 is 0. The summed E-state index contributed by atoms with van der Waals surface area (Å²) in [5.74, 6) is 0. The minimum Gasteiger partial charge on any atom is -0.292 e. The van der Waals surface area contributed by atoms with Gasteiger partial charge in [0.05, 0.1) is 10.6 Å². The number of hydrogen-bond donors (Lipinski definition) is 0. The van der Waals surface area contributed by atoms with E-state index in [0.29, 0.717) is 4.57 Å². The third-order valence-corrected chi connectivity index (χ3v) is 3.17. The molecule has 0 fully saturated rings. The Hall–Kier alpha value is -3.42. The first kappa shape index (κ1) is 16.9. The average Bonchev–Trinajstić information content (AvgIpc) is 2.49. The molecule has 2 aromatic rings. The second-order valence-electron chi connectivity index (χ2n) is 4.61. The second-order valence-corrected chi connectivity index (χ2v) is 4.61. The second kappa shape index (κ2) is 5.65. The minimum atomic E-state index is -4.91. The topological polar surface area (TPSA) is 111 Å². The van der Waals surface area contributed by atoms with Crippen LogP contribution in [0, 0.1) is 21.4 Å². The molecule has 0 radical (unpaired) electrons. The van der Waals surface area contributed by atoms with Crippen molar-refractivity contribution in [3.63, 3.8) is 0 Å². The van der Waals surface area contributed by atoms with E-state index in [1.54, 1.807) is 6.07 Å². The zero-order chi connectivity index (χ0) is 18.2. The van der Waals surface area contributed by atoms with E-state index in [1.165, 1.54) is 0 Å². The fourth-order valence-electron chi connectivity index (χ4n) is 2.04. The fraction of sp³-hybridized carbons (Fsp3) is 0.154. The van der Waals surface area contributed by atoms with Crippen molar-refractivity contribution in [3.8, 4) is 11.8 Å². The molecule has 124 valence electrons.